The van der Waals surface area contributed by atoms with Crippen molar-refractivity contribution < 1.29 is 14.3 Å². The van der Waals surface area contributed by atoms with E-state index >= 15 is 0 Å². The third-order valence-corrected chi connectivity index (χ3v) is 4.64. The van der Waals surface area contributed by atoms with Gasteiger partial charge in [0.2, 0.25) is 0 Å². The van der Waals surface area contributed by atoms with Gasteiger partial charge in [-0.25, -0.2) is 0 Å². The molecule has 1 aliphatic rings. The molecule has 1 aliphatic heterocycles. The molecule has 0 spiro atoms. The molecule has 4 nitrogen and oxygen atoms in total. The molecule has 2 heterocycles. The summed E-state index contributed by atoms with van der Waals surface area (Å²) in [7, 11) is 0. The van der Waals surface area contributed by atoms with E-state index < -0.39 is 5.97 Å². The van der Waals surface area contributed by atoms with E-state index in [9.17, 15) is 4.79 Å². The molecular weight excluding hydrogens is 346 g/mol. The van der Waals surface area contributed by atoms with E-state index in [-0.39, 0.29) is 5.92 Å². The van der Waals surface area contributed by atoms with Gasteiger partial charge < -0.3 is 9.52 Å². The highest BCUT2D eigenvalue weighted by Crippen LogP contribution is 2.25. The van der Waals surface area contributed by atoms with Gasteiger partial charge in [-0.05, 0) is 50.2 Å². The van der Waals surface area contributed by atoms with Gasteiger partial charge in [0.1, 0.15) is 11.5 Å². The average molecular weight is 364 g/mol. The van der Waals surface area contributed by atoms with Gasteiger partial charge in [0.15, 0.2) is 0 Å². The van der Waals surface area contributed by atoms with Crippen molar-refractivity contribution in [2.75, 3.05) is 13.1 Å². The standard InChI is InChI=1S/C17H18BrNO3/c18-14-3-1-12(2-4-14)16-6-5-15(22-16)11-19-9-7-13(8-10-19)17(20)21/h1-6,13H,7-11H2,(H,20,21). The second-order valence-electron chi connectivity index (χ2n) is 5.66. The predicted molar refractivity (Wildman–Crippen MR) is 87.5 cm³/mol. The molecule has 1 saturated heterocycles. The molecule has 0 bridgehead atoms. The number of furan rings is 1. The van der Waals surface area contributed by atoms with Gasteiger partial charge in [0.25, 0.3) is 0 Å². The first kappa shape index (κ1) is 15.3. The van der Waals surface area contributed by atoms with E-state index in [1.807, 2.05) is 36.4 Å². The van der Waals surface area contributed by atoms with Crippen molar-refractivity contribution in [3.05, 3.63) is 46.6 Å². The van der Waals surface area contributed by atoms with Crippen LogP contribution in [0.5, 0.6) is 0 Å². The van der Waals surface area contributed by atoms with E-state index in [1.165, 1.54) is 0 Å². The van der Waals surface area contributed by atoms with Crippen LogP contribution in [-0.2, 0) is 11.3 Å². The van der Waals surface area contributed by atoms with Crippen molar-refractivity contribution in [2.24, 2.45) is 5.92 Å². The summed E-state index contributed by atoms with van der Waals surface area (Å²) in [6.07, 6.45) is 1.44. The Balaban J connectivity index is 1.60. The molecule has 0 atom stereocenters. The molecule has 22 heavy (non-hydrogen) atoms. The second-order valence-corrected chi connectivity index (χ2v) is 6.58. The normalized spacial score (nSPS) is 16.8. The van der Waals surface area contributed by atoms with Crippen molar-refractivity contribution in [2.45, 2.75) is 19.4 Å². The van der Waals surface area contributed by atoms with Crippen LogP contribution in [0.4, 0.5) is 0 Å². The number of benzene rings is 1. The molecule has 1 N–H and O–H groups in total. The lowest BCUT2D eigenvalue weighted by molar-refractivity contribution is -0.143. The Kier molecular flexibility index (Phi) is 4.64. The molecule has 0 amide bonds. The van der Waals surface area contributed by atoms with Crippen molar-refractivity contribution in [3.8, 4) is 11.3 Å². The molecule has 0 unspecified atom stereocenters. The lowest BCUT2D eigenvalue weighted by Crippen LogP contribution is -2.35. The quantitative estimate of drug-likeness (QED) is 0.891. The number of rotatable bonds is 4. The summed E-state index contributed by atoms with van der Waals surface area (Å²) in [6, 6.07) is 12.0. The van der Waals surface area contributed by atoms with E-state index in [0.29, 0.717) is 0 Å². The first-order chi connectivity index (χ1) is 10.6. The molecular formula is C17H18BrNO3. The van der Waals surface area contributed by atoms with E-state index in [2.05, 4.69) is 20.8 Å². The maximum atomic E-state index is 11.0. The van der Waals surface area contributed by atoms with Crippen LogP contribution < -0.4 is 0 Å². The number of nitrogens with zero attached hydrogens (tertiary/aromatic N) is 1. The minimum atomic E-state index is -0.671. The zero-order chi connectivity index (χ0) is 15.5. The van der Waals surface area contributed by atoms with Crippen LogP contribution in [0, 0.1) is 5.92 Å². The Hall–Kier alpha value is -1.59. The minimum Gasteiger partial charge on any atom is -0.481 e. The highest BCUT2D eigenvalue weighted by atomic mass is 79.9. The molecule has 1 aromatic carbocycles. The number of piperidine rings is 1. The van der Waals surface area contributed by atoms with Crippen LogP contribution in [-0.4, -0.2) is 29.1 Å². The lowest BCUT2D eigenvalue weighted by atomic mass is 9.97. The Morgan fingerprint density at radius 1 is 1.18 bits per heavy atom. The smallest absolute Gasteiger partial charge is 0.306 e. The third kappa shape index (κ3) is 3.59. The van der Waals surface area contributed by atoms with Gasteiger partial charge in [0.05, 0.1) is 12.5 Å². The average Bonchev–Trinajstić information content (AvgIpc) is 2.97. The Bertz CT molecular complexity index is 642. The molecule has 0 aliphatic carbocycles. The zero-order valence-corrected chi connectivity index (χ0v) is 13.8. The number of carboxylic acids is 1. The Morgan fingerprint density at radius 2 is 1.86 bits per heavy atom. The van der Waals surface area contributed by atoms with Gasteiger partial charge in [-0.1, -0.05) is 28.1 Å². The van der Waals surface area contributed by atoms with Gasteiger partial charge in [-0.3, -0.25) is 9.69 Å². The van der Waals surface area contributed by atoms with Crippen LogP contribution >= 0.6 is 15.9 Å². The molecule has 0 radical (unpaired) electrons. The van der Waals surface area contributed by atoms with Gasteiger partial charge in [0, 0.05) is 10.0 Å². The number of carbonyl (C=O) groups is 1. The monoisotopic (exact) mass is 363 g/mol. The highest BCUT2D eigenvalue weighted by molar-refractivity contribution is 9.10. The number of likely N-dealkylation sites (tertiary alicyclic amines) is 1. The van der Waals surface area contributed by atoms with Gasteiger partial charge in [-0.15, -0.1) is 0 Å². The van der Waals surface area contributed by atoms with Crippen LogP contribution in [0.15, 0.2) is 45.3 Å². The second kappa shape index (κ2) is 6.67. The number of carboxylic acid groups (broad SMARTS) is 1. The highest BCUT2D eigenvalue weighted by Gasteiger charge is 2.24. The predicted octanol–water partition coefficient (Wildman–Crippen LogP) is 4.01. The Morgan fingerprint density at radius 3 is 2.50 bits per heavy atom. The first-order valence-corrected chi connectivity index (χ1v) is 8.21. The van der Waals surface area contributed by atoms with Crippen molar-refractivity contribution in [1.29, 1.82) is 0 Å². The summed E-state index contributed by atoms with van der Waals surface area (Å²) in [5.41, 5.74) is 1.05. The van der Waals surface area contributed by atoms with Gasteiger partial charge in [-0.2, -0.15) is 0 Å². The molecule has 1 aromatic heterocycles. The topological polar surface area (TPSA) is 53.7 Å². The fraction of sp³-hybridized carbons (Fsp3) is 0.353. The summed E-state index contributed by atoms with van der Waals surface area (Å²) in [5, 5.41) is 9.02. The zero-order valence-electron chi connectivity index (χ0n) is 12.2. The maximum Gasteiger partial charge on any atom is 0.306 e. The number of aliphatic carboxylic acids is 1. The molecule has 0 saturated carbocycles. The fourth-order valence-corrected chi connectivity index (χ4v) is 3.05. The summed E-state index contributed by atoms with van der Waals surface area (Å²) >= 11 is 3.42. The molecule has 2 aromatic rings. The summed E-state index contributed by atoms with van der Waals surface area (Å²) in [5.74, 6) is 0.927. The largest absolute Gasteiger partial charge is 0.481 e. The van der Waals surface area contributed by atoms with Crippen molar-refractivity contribution in [1.82, 2.24) is 4.90 Å². The van der Waals surface area contributed by atoms with Crippen LogP contribution in [0.25, 0.3) is 11.3 Å². The maximum absolute atomic E-state index is 11.0. The van der Waals surface area contributed by atoms with Crippen LogP contribution in [0.1, 0.15) is 18.6 Å². The minimum absolute atomic E-state index is 0.189. The van der Waals surface area contributed by atoms with Crippen molar-refractivity contribution in [3.63, 3.8) is 0 Å². The Labute approximate surface area is 137 Å². The molecule has 3 rings (SSSR count). The third-order valence-electron chi connectivity index (χ3n) is 4.11. The number of hydrogen-bond acceptors (Lipinski definition) is 3. The summed E-state index contributed by atoms with van der Waals surface area (Å²) in [4.78, 5) is 13.2. The van der Waals surface area contributed by atoms with E-state index in [4.69, 9.17) is 9.52 Å². The fourth-order valence-electron chi connectivity index (χ4n) is 2.79. The first-order valence-electron chi connectivity index (χ1n) is 7.41. The van der Waals surface area contributed by atoms with E-state index in [0.717, 1.165) is 54.0 Å². The molecule has 116 valence electrons. The number of hydrogen-bond donors (Lipinski definition) is 1. The molecule has 1 fully saturated rings. The summed E-state index contributed by atoms with van der Waals surface area (Å²) in [6.45, 7) is 2.36. The van der Waals surface area contributed by atoms with Gasteiger partial charge >= 0.3 is 5.97 Å². The molecule has 5 heteroatoms. The lowest BCUT2D eigenvalue weighted by Gasteiger charge is -2.29. The SMILES string of the molecule is O=C(O)C1CCN(Cc2ccc(-c3ccc(Br)cc3)o2)CC1. The van der Waals surface area contributed by atoms with Crippen LogP contribution in [0.3, 0.4) is 0 Å². The van der Waals surface area contributed by atoms with E-state index in [1.54, 1.807) is 0 Å². The number of halogens is 1. The van der Waals surface area contributed by atoms with Crippen LogP contribution in [0.2, 0.25) is 0 Å². The van der Waals surface area contributed by atoms with Crippen molar-refractivity contribution >= 4 is 21.9 Å². The summed E-state index contributed by atoms with van der Waals surface area (Å²) < 4.78 is 6.96.